The molecule has 4 aromatic rings. The van der Waals surface area contributed by atoms with Gasteiger partial charge in [0.05, 0.1) is 18.3 Å². The van der Waals surface area contributed by atoms with E-state index in [-0.39, 0.29) is 0 Å². The number of nitrogens with one attached hydrogen (secondary N) is 1. The molecule has 0 saturated carbocycles. The molecule has 148 valence electrons. The number of benzene rings is 2. The van der Waals surface area contributed by atoms with Crippen LogP contribution in [0.2, 0.25) is 0 Å². The molecule has 0 aliphatic rings. The second-order valence-electron chi connectivity index (χ2n) is 6.67. The first kappa shape index (κ1) is 18.9. The van der Waals surface area contributed by atoms with E-state index < -0.39 is 0 Å². The summed E-state index contributed by atoms with van der Waals surface area (Å²) in [4.78, 5) is 4.69. The third-order valence-corrected chi connectivity index (χ3v) is 4.70. The van der Waals surface area contributed by atoms with Crippen molar-refractivity contribution in [1.82, 2.24) is 19.7 Å². The smallest absolute Gasteiger partial charge is 0.265 e. The van der Waals surface area contributed by atoms with Crippen molar-refractivity contribution in [2.75, 3.05) is 12.0 Å². The molecule has 0 bridgehead atoms. The first-order valence-electron chi connectivity index (χ1n) is 9.94. The summed E-state index contributed by atoms with van der Waals surface area (Å²) in [5.41, 5.74) is 6.54. The zero-order chi connectivity index (χ0) is 20.1. The minimum absolute atomic E-state index is 0.364. The fourth-order valence-electron chi connectivity index (χ4n) is 3.33. The van der Waals surface area contributed by atoms with Crippen molar-refractivity contribution in [3.63, 3.8) is 0 Å². The number of para-hydroxylation sites is 2. The molecule has 0 spiro atoms. The number of hydrazone groups is 1. The summed E-state index contributed by atoms with van der Waals surface area (Å²) in [7, 11) is 0. The number of hydrogen-bond acceptors (Lipinski definition) is 6. The van der Waals surface area contributed by atoms with Crippen LogP contribution in [0.3, 0.4) is 0 Å². The molecule has 4 rings (SSSR count). The van der Waals surface area contributed by atoms with Gasteiger partial charge in [0, 0.05) is 17.5 Å². The zero-order valence-electron chi connectivity index (χ0n) is 16.7. The number of anilines is 1. The number of hydrogen-bond donors (Lipinski definition) is 1. The van der Waals surface area contributed by atoms with Gasteiger partial charge in [0.25, 0.3) is 5.95 Å². The SMILES string of the molecule is CCCCn1c2ccccc2c2nnc(N/N=C/c3ccccc3OCC)nc21. The van der Waals surface area contributed by atoms with Crippen molar-refractivity contribution >= 4 is 34.2 Å². The van der Waals surface area contributed by atoms with E-state index in [2.05, 4.69) is 49.3 Å². The van der Waals surface area contributed by atoms with Gasteiger partial charge in [0.2, 0.25) is 0 Å². The zero-order valence-corrected chi connectivity index (χ0v) is 16.7. The molecule has 7 nitrogen and oxygen atoms in total. The molecule has 0 radical (unpaired) electrons. The van der Waals surface area contributed by atoms with E-state index in [0.717, 1.165) is 52.8 Å². The molecular weight excluding hydrogens is 364 g/mol. The average molecular weight is 388 g/mol. The van der Waals surface area contributed by atoms with Crippen molar-refractivity contribution < 1.29 is 4.74 Å². The van der Waals surface area contributed by atoms with E-state index in [1.807, 2.05) is 43.3 Å². The van der Waals surface area contributed by atoms with E-state index in [4.69, 9.17) is 4.74 Å². The van der Waals surface area contributed by atoms with Crippen LogP contribution in [0.25, 0.3) is 22.1 Å². The summed E-state index contributed by atoms with van der Waals surface area (Å²) < 4.78 is 7.83. The number of nitrogens with zero attached hydrogens (tertiary/aromatic N) is 5. The fourth-order valence-corrected chi connectivity index (χ4v) is 3.33. The Bertz CT molecular complexity index is 1150. The van der Waals surface area contributed by atoms with E-state index in [1.165, 1.54) is 0 Å². The van der Waals surface area contributed by atoms with Crippen molar-refractivity contribution in [3.05, 3.63) is 54.1 Å². The van der Waals surface area contributed by atoms with E-state index in [1.54, 1.807) is 6.21 Å². The second kappa shape index (κ2) is 8.68. The summed E-state index contributed by atoms with van der Waals surface area (Å²) in [6.07, 6.45) is 3.89. The third kappa shape index (κ3) is 3.89. The summed E-state index contributed by atoms with van der Waals surface area (Å²) in [5, 5.41) is 14.0. The summed E-state index contributed by atoms with van der Waals surface area (Å²) >= 11 is 0. The molecule has 29 heavy (non-hydrogen) atoms. The van der Waals surface area contributed by atoms with Crippen LogP contribution in [0.5, 0.6) is 5.75 Å². The van der Waals surface area contributed by atoms with Crippen LogP contribution >= 0.6 is 0 Å². The number of aromatic nitrogens is 4. The Labute approximate surface area is 169 Å². The maximum atomic E-state index is 5.62. The molecule has 0 aliphatic heterocycles. The minimum atomic E-state index is 0.364. The van der Waals surface area contributed by atoms with Gasteiger partial charge in [-0.15, -0.1) is 10.2 Å². The van der Waals surface area contributed by atoms with Gasteiger partial charge >= 0.3 is 0 Å². The predicted octanol–water partition coefficient (Wildman–Crippen LogP) is 4.62. The van der Waals surface area contributed by atoms with Crippen LogP contribution in [0.4, 0.5) is 5.95 Å². The van der Waals surface area contributed by atoms with Crippen LogP contribution in [-0.4, -0.2) is 32.6 Å². The Hall–Kier alpha value is -3.48. The van der Waals surface area contributed by atoms with E-state index >= 15 is 0 Å². The van der Waals surface area contributed by atoms with Gasteiger partial charge in [0.1, 0.15) is 11.3 Å². The van der Waals surface area contributed by atoms with E-state index in [9.17, 15) is 0 Å². The van der Waals surface area contributed by atoms with Crippen LogP contribution in [0.1, 0.15) is 32.3 Å². The van der Waals surface area contributed by atoms with Gasteiger partial charge in [-0.05, 0) is 31.5 Å². The molecule has 2 aromatic carbocycles. The lowest BCUT2D eigenvalue weighted by Gasteiger charge is -2.06. The van der Waals surface area contributed by atoms with Gasteiger partial charge in [-0.2, -0.15) is 10.1 Å². The number of ether oxygens (including phenoxy) is 1. The van der Waals surface area contributed by atoms with Crippen molar-refractivity contribution in [3.8, 4) is 5.75 Å². The van der Waals surface area contributed by atoms with Gasteiger partial charge in [-0.1, -0.05) is 43.7 Å². The fraction of sp³-hybridized carbons (Fsp3) is 0.273. The number of fused-ring (bicyclic) bond motifs is 3. The van der Waals surface area contributed by atoms with Gasteiger partial charge in [-0.3, -0.25) is 0 Å². The van der Waals surface area contributed by atoms with Crippen LogP contribution in [-0.2, 0) is 6.54 Å². The largest absolute Gasteiger partial charge is 0.493 e. The van der Waals surface area contributed by atoms with Crippen LogP contribution < -0.4 is 10.2 Å². The summed E-state index contributed by atoms with van der Waals surface area (Å²) in [6, 6.07) is 16.0. The quantitative estimate of drug-likeness (QED) is 0.352. The highest BCUT2D eigenvalue weighted by Crippen LogP contribution is 2.26. The molecule has 1 N–H and O–H groups in total. The van der Waals surface area contributed by atoms with Gasteiger partial charge < -0.3 is 9.30 Å². The van der Waals surface area contributed by atoms with Crippen molar-refractivity contribution in [1.29, 1.82) is 0 Å². The van der Waals surface area contributed by atoms with Crippen LogP contribution in [0, 0.1) is 0 Å². The Balaban J connectivity index is 1.64. The maximum Gasteiger partial charge on any atom is 0.265 e. The lowest BCUT2D eigenvalue weighted by atomic mass is 10.2. The summed E-state index contributed by atoms with van der Waals surface area (Å²) in [6.45, 7) is 5.63. The second-order valence-corrected chi connectivity index (χ2v) is 6.67. The predicted molar refractivity (Wildman–Crippen MR) is 117 cm³/mol. The molecule has 0 fully saturated rings. The molecule has 0 aliphatic carbocycles. The number of rotatable bonds is 8. The van der Waals surface area contributed by atoms with Gasteiger partial charge in [-0.25, -0.2) is 5.43 Å². The Morgan fingerprint density at radius 2 is 1.90 bits per heavy atom. The standard InChI is InChI=1S/C22H24N6O/c1-3-5-14-28-18-12-8-7-11-17(18)20-21(28)24-22(27-25-20)26-23-15-16-10-6-9-13-19(16)29-4-2/h6-13,15H,3-5,14H2,1-2H3,(H,24,26,27)/b23-15+. The van der Waals surface area contributed by atoms with E-state index in [0.29, 0.717) is 12.6 Å². The Morgan fingerprint density at radius 1 is 1.07 bits per heavy atom. The molecule has 0 atom stereocenters. The molecule has 7 heteroatoms. The number of aryl methyl sites for hydroxylation is 1. The van der Waals surface area contributed by atoms with Crippen molar-refractivity contribution in [2.24, 2.45) is 5.10 Å². The lowest BCUT2D eigenvalue weighted by molar-refractivity contribution is 0.340. The third-order valence-electron chi connectivity index (χ3n) is 4.70. The molecular formula is C22H24N6O. The topological polar surface area (TPSA) is 77.2 Å². The molecule has 0 amide bonds. The lowest BCUT2D eigenvalue weighted by Crippen LogP contribution is -2.03. The Kier molecular flexibility index (Phi) is 5.65. The molecule has 0 unspecified atom stereocenters. The highest BCUT2D eigenvalue weighted by atomic mass is 16.5. The number of unbranched alkanes of at least 4 members (excludes halogenated alkanes) is 1. The van der Waals surface area contributed by atoms with Gasteiger partial charge in [0.15, 0.2) is 5.65 Å². The minimum Gasteiger partial charge on any atom is -0.493 e. The highest BCUT2D eigenvalue weighted by Gasteiger charge is 2.14. The Morgan fingerprint density at radius 3 is 2.76 bits per heavy atom. The molecule has 2 heterocycles. The average Bonchev–Trinajstić information content (AvgIpc) is 3.07. The summed E-state index contributed by atoms with van der Waals surface area (Å²) in [5.74, 6) is 1.15. The molecule has 0 saturated heterocycles. The monoisotopic (exact) mass is 388 g/mol. The first-order chi connectivity index (χ1) is 14.3. The first-order valence-corrected chi connectivity index (χ1v) is 9.94. The normalized spacial score (nSPS) is 11.5. The van der Waals surface area contributed by atoms with Crippen LogP contribution in [0.15, 0.2) is 53.6 Å². The maximum absolute atomic E-state index is 5.62. The van der Waals surface area contributed by atoms with Crippen molar-refractivity contribution in [2.45, 2.75) is 33.2 Å². The molecule has 2 aromatic heterocycles. The highest BCUT2D eigenvalue weighted by molar-refractivity contribution is 6.04.